The average molecular weight is 374 g/mol. The molecular weight excluding hydrogens is 359 g/mol. The number of hydrogen-bond donors (Lipinski definition) is 2. The molecule has 2 rings (SSSR count). The molecule has 0 amide bonds. The van der Waals surface area contributed by atoms with E-state index in [0.29, 0.717) is 10.6 Å². The molecule has 0 aliphatic heterocycles. The van der Waals surface area contributed by atoms with E-state index in [1.807, 2.05) is 24.3 Å². The SMILES string of the molecule is OCC(CO)(Cc1ccc(Cl)cc1F)c1ccccc1Br. The van der Waals surface area contributed by atoms with Crippen molar-refractivity contribution in [3.63, 3.8) is 0 Å². The normalized spacial score (nSPS) is 11.7. The van der Waals surface area contributed by atoms with Crippen LogP contribution in [0.5, 0.6) is 0 Å². The minimum Gasteiger partial charge on any atom is -0.395 e. The molecule has 2 aromatic rings. The Morgan fingerprint density at radius 3 is 2.33 bits per heavy atom. The van der Waals surface area contributed by atoms with Gasteiger partial charge >= 0.3 is 0 Å². The van der Waals surface area contributed by atoms with E-state index in [9.17, 15) is 14.6 Å². The molecule has 0 spiro atoms. The Labute approximate surface area is 136 Å². The Morgan fingerprint density at radius 1 is 1.10 bits per heavy atom. The van der Waals surface area contributed by atoms with Crippen molar-refractivity contribution >= 4 is 27.5 Å². The topological polar surface area (TPSA) is 40.5 Å². The predicted molar refractivity (Wildman–Crippen MR) is 85.1 cm³/mol. The summed E-state index contributed by atoms with van der Waals surface area (Å²) < 4.78 is 14.8. The number of hydrogen-bond acceptors (Lipinski definition) is 2. The van der Waals surface area contributed by atoms with Gasteiger partial charge in [0, 0.05) is 14.9 Å². The molecule has 5 heteroatoms. The molecule has 0 radical (unpaired) electrons. The standard InChI is InChI=1S/C16H15BrClFO2/c17-14-4-2-1-3-13(14)16(9-20,10-21)8-11-5-6-12(18)7-15(11)19/h1-7,20-21H,8-10H2. The molecule has 2 N–H and O–H groups in total. The fourth-order valence-corrected chi connectivity index (χ4v) is 3.21. The van der Waals surface area contributed by atoms with Crippen LogP contribution in [0.3, 0.4) is 0 Å². The molecule has 2 aromatic carbocycles. The lowest BCUT2D eigenvalue weighted by molar-refractivity contribution is 0.115. The molecule has 112 valence electrons. The van der Waals surface area contributed by atoms with Gasteiger partial charge in [0.2, 0.25) is 0 Å². The van der Waals surface area contributed by atoms with Gasteiger partial charge in [-0.3, -0.25) is 0 Å². The number of benzene rings is 2. The third-order valence-electron chi connectivity index (χ3n) is 3.59. The molecule has 0 aromatic heterocycles. The molecule has 0 atom stereocenters. The number of halogens is 3. The van der Waals surface area contributed by atoms with Gasteiger partial charge in [0.05, 0.1) is 13.2 Å². The van der Waals surface area contributed by atoms with Crippen LogP contribution in [0.25, 0.3) is 0 Å². The van der Waals surface area contributed by atoms with E-state index in [-0.39, 0.29) is 19.6 Å². The van der Waals surface area contributed by atoms with Crippen molar-refractivity contribution in [3.8, 4) is 0 Å². The summed E-state index contributed by atoms with van der Waals surface area (Å²) in [5.41, 5.74) is 0.178. The highest BCUT2D eigenvalue weighted by Gasteiger charge is 2.33. The average Bonchev–Trinajstić information content (AvgIpc) is 2.48. The van der Waals surface area contributed by atoms with E-state index < -0.39 is 11.2 Å². The second-order valence-corrected chi connectivity index (χ2v) is 6.28. The van der Waals surface area contributed by atoms with Gasteiger partial charge in [-0.25, -0.2) is 4.39 Å². The summed E-state index contributed by atoms with van der Waals surface area (Å²) in [6, 6.07) is 11.7. The highest BCUT2D eigenvalue weighted by Crippen LogP contribution is 2.34. The van der Waals surface area contributed by atoms with Crippen LogP contribution in [-0.4, -0.2) is 23.4 Å². The molecule has 0 heterocycles. The van der Waals surface area contributed by atoms with Crippen molar-refractivity contribution in [1.29, 1.82) is 0 Å². The van der Waals surface area contributed by atoms with Crippen molar-refractivity contribution in [1.82, 2.24) is 0 Å². The van der Waals surface area contributed by atoms with Crippen molar-refractivity contribution in [2.24, 2.45) is 0 Å². The van der Waals surface area contributed by atoms with E-state index in [1.165, 1.54) is 6.07 Å². The quantitative estimate of drug-likeness (QED) is 0.839. The molecule has 0 fully saturated rings. The first-order chi connectivity index (χ1) is 10.0. The Balaban J connectivity index is 2.46. The molecule has 2 nitrogen and oxygen atoms in total. The summed E-state index contributed by atoms with van der Waals surface area (Å²) in [4.78, 5) is 0. The molecule has 0 bridgehead atoms. The Hall–Kier alpha value is -0.940. The third-order valence-corrected chi connectivity index (χ3v) is 4.52. The fourth-order valence-electron chi connectivity index (χ4n) is 2.35. The first-order valence-electron chi connectivity index (χ1n) is 6.43. The zero-order valence-corrected chi connectivity index (χ0v) is 13.5. The van der Waals surface area contributed by atoms with Crippen LogP contribution in [0.2, 0.25) is 5.02 Å². The molecule has 21 heavy (non-hydrogen) atoms. The highest BCUT2D eigenvalue weighted by molar-refractivity contribution is 9.10. The van der Waals surface area contributed by atoms with Gasteiger partial charge in [-0.05, 0) is 35.7 Å². The van der Waals surface area contributed by atoms with Gasteiger partial charge in [-0.2, -0.15) is 0 Å². The number of rotatable bonds is 5. The minimum atomic E-state index is -0.964. The van der Waals surface area contributed by atoms with Crippen LogP contribution in [0.4, 0.5) is 4.39 Å². The maximum Gasteiger partial charge on any atom is 0.127 e. The van der Waals surface area contributed by atoms with Crippen molar-refractivity contribution in [3.05, 3.63) is 68.9 Å². The maximum atomic E-state index is 14.0. The lowest BCUT2D eigenvalue weighted by atomic mass is 9.76. The summed E-state index contributed by atoms with van der Waals surface area (Å²) in [7, 11) is 0. The smallest absolute Gasteiger partial charge is 0.127 e. The van der Waals surface area contributed by atoms with Gasteiger partial charge < -0.3 is 10.2 Å². The first-order valence-corrected chi connectivity index (χ1v) is 7.60. The van der Waals surface area contributed by atoms with Crippen molar-refractivity contribution in [2.45, 2.75) is 11.8 Å². The van der Waals surface area contributed by atoms with Gasteiger partial charge in [0.25, 0.3) is 0 Å². The maximum absolute atomic E-state index is 14.0. The molecule has 0 aliphatic carbocycles. The molecule has 0 saturated heterocycles. The highest BCUT2D eigenvalue weighted by atomic mass is 79.9. The van der Waals surface area contributed by atoms with Gasteiger partial charge in [0.15, 0.2) is 0 Å². The van der Waals surface area contributed by atoms with Crippen LogP contribution >= 0.6 is 27.5 Å². The second-order valence-electron chi connectivity index (χ2n) is 4.99. The Bertz CT molecular complexity index is 629. The van der Waals surface area contributed by atoms with Crippen LogP contribution in [0.15, 0.2) is 46.9 Å². The van der Waals surface area contributed by atoms with Crippen molar-refractivity contribution < 1.29 is 14.6 Å². The second kappa shape index (κ2) is 6.88. The zero-order valence-electron chi connectivity index (χ0n) is 11.2. The summed E-state index contributed by atoms with van der Waals surface area (Å²) in [6.07, 6.45) is 0.172. The summed E-state index contributed by atoms with van der Waals surface area (Å²) in [6.45, 7) is -0.595. The van der Waals surface area contributed by atoms with E-state index >= 15 is 0 Å². The molecule has 0 saturated carbocycles. The van der Waals surface area contributed by atoms with Crippen LogP contribution in [-0.2, 0) is 11.8 Å². The Morgan fingerprint density at radius 2 is 1.76 bits per heavy atom. The lowest BCUT2D eigenvalue weighted by Crippen LogP contribution is -2.38. The fraction of sp³-hybridized carbons (Fsp3) is 0.250. The minimum absolute atomic E-state index is 0.172. The number of aliphatic hydroxyl groups is 2. The van der Waals surface area contributed by atoms with Crippen LogP contribution in [0.1, 0.15) is 11.1 Å². The lowest BCUT2D eigenvalue weighted by Gasteiger charge is -2.31. The van der Waals surface area contributed by atoms with Crippen molar-refractivity contribution in [2.75, 3.05) is 13.2 Å². The van der Waals surface area contributed by atoms with Crippen LogP contribution in [0, 0.1) is 5.82 Å². The zero-order chi connectivity index (χ0) is 15.5. The third kappa shape index (κ3) is 3.46. The summed E-state index contributed by atoms with van der Waals surface area (Å²) >= 11 is 9.17. The van der Waals surface area contributed by atoms with Crippen LogP contribution < -0.4 is 0 Å². The first kappa shape index (κ1) is 16.4. The van der Waals surface area contributed by atoms with Gasteiger partial charge in [0.1, 0.15) is 5.82 Å². The molecule has 0 unspecified atom stereocenters. The van der Waals surface area contributed by atoms with Gasteiger partial charge in [-0.15, -0.1) is 0 Å². The summed E-state index contributed by atoms with van der Waals surface area (Å²) in [5, 5.41) is 20.0. The monoisotopic (exact) mass is 372 g/mol. The predicted octanol–water partition coefficient (Wildman–Crippen LogP) is 3.71. The largest absolute Gasteiger partial charge is 0.395 e. The van der Waals surface area contributed by atoms with E-state index in [2.05, 4.69) is 15.9 Å². The Kier molecular flexibility index (Phi) is 5.38. The molecule has 0 aliphatic rings. The van der Waals surface area contributed by atoms with E-state index in [0.717, 1.165) is 10.0 Å². The summed E-state index contributed by atoms with van der Waals surface area (Å²) in [5.74, 6) is -0.444. The number of aliphatic hydroxyl groups excluding tert-OH is 2. The molecular formula is C16H15BrClFO2. The van der Waals surface area contributed by atoms with E-state index in [1.54, 1.807) is 12.1 Å². The van der Waals surface area contributed by atoms with E-state index in [4.69, 9.17) is 11.6 Å². The van der Waals surface area contributed by atoms with Gasteiger partial charge in [-0.1, -0.05) is 51.8 Å².